The van der Waals surface area contributed by atoms with Gasteiger partial charge in [-0.1, -0.05) is 6.07 Å². The van der Waals surface area contributed by atoms with E-state index in [4.69, 9.17) is 15.3 Å². The smallest absolute Gasteiger partial charge is 0.124 e. The molecule has 0 heterocycles. The molecule has 1 atom stereocenters. The van der Waals surface area contributed by atoms with Crippen LogP contribution in [0, 0.1) is 19.8 Å². The van der Waals surface area contributed by atoms with Crippen LogP contribution in [0.3, 0.4) is 0 Å². The summed E-state index contributed by atoms with van der Waals surface area (Å²) in [6.45, 7) is 7.07. The van der Waals surface area contributed by atoms with E-state index in [1.165, 1.54) is 16.7 Å². The zero-order chi connectivity index (χ0) is 15.4. The molecule has 0 saturated heterocycles. The van der Waals surface area contributed by atoms with Crippen LogP contribution >= 0.6 is 0 Å². The van der Waals surface area contributed by atoms with Gasteiger partial charge >= 0.3 is 0 Å². The zero-order valence-corrected chi connectivity index (χ0v) is 13.6. The highest BCUT2D eigenvalue weighted by Crippen LogP contribution is 2.39. The molecule has 0 bridgehead atoms. The van der Waals surface area contributed by atoms with Crippen molar-refractivity contribution < 1.29 is 9.47 Å². The van der Waals surface area contributed by atoms with Crippen LogP contribution in [0.4, 0.5) is 0 Å². The number of hydrogen-bond acceptors (Lipinski definition) is 4. The minimum Gasteiger partial charge on any atom is -0.496 e. The first-order valence-electron chi connectivity index (χ1n) is 7.81. The van der Waals surface area contributed by atoms with Gasteiger partial charge in [0.1, 0.15) is 5.75 Å². The second-order valence-corrected chi connectivity index (χ2v) is 6.07. The van der Waals surface area contributed by atoms with Gasteiger partial charge < -0.3 is 9.47 Å². The van der Waals surface area contributed by atoms with Gasteiger partial charge in [-0.25, -0.2) is 0 Å². The number of hydrazine groups is 1. The van der Waals surface area contributed by atoms with Gasteiger partial charge in [0.05, 0.1) is 19.3 Å². The second kappa shape index (κ2) is 7.25. The summed E-state index contributed by atoms with van der Waals surface area (Å²) in [5, 5.41) is 0. The zero-order valence-electron chi connectivity index (χ0n) is 13.6. The number of rotatable bonds is 7. The molecule has 1 aromatic rings. The minimum absolute atomic E-state index is 0.133. The Morgan fingerprint density at radius 3 is 2.62 bits per heavy atom. The van der Waals surface area contributed by atoms with Gasteiger partial charge in [0.25, 0.3) is 0 Å². The predicted molar refractivity (Wildman–Crippen MR) is 85.3 cm³/mol. The highest BCUT2D eigenvalue weighted by atomic mass is 16.5. The van der Waals surface area contributed by atoms with E-state index in [2.05, 4.69) is 38.3 Å². The molecule has 1 aliphatic rings. The van der Waals surface area contributed by atoms with E-state index >= 15 is 0 Å². The first-order chi connectivity index (χ1) is 10.1. The van der Waals surface area contributed by atoms with Gasteiger partial charge in [-0.2, -0.15) is 0 Å². The van der Waals surface area contributed by atoms with Crippen molar-refractivity contribution in [2.24, 2.45) is 11.8 Å². The van der Waals surface area contributed by atoms with Gasteiger partial charge in [0.15, 0.2) is 0 Å². The van der Waals surface area contributed by atoms with Gasteiger partial charge in [-0.15, -0.1) is 0 Å². The molecule has 3 N–H and O–H groups in total. The first kappa shape index (κ1) is 16.3. The molecule has 4 nitrogen and oxygen atoms in total. The van der Waals surface area contributed by atoms with Crippen molar-refractivity contribution in [2.75, 3.05) is 13.7 Å². The highest BCUT2D eigenvalue weighted by Gasteiger charge is 2.32. The maximum absolute atomic E-state index is 5.82. The minimum atomic E-state index is 0.133. The van der Waals surface area contributed by atoms with Crippen molar-refractivity contribution in [2.45, 2.75) is 52.2 Å². The summed E-state index contributed by atoms with van der Waals surface area (Å²) in [6, 6.07) is 4.40. The quantitative estimate of drug-likeness (QED) is 0.599. The summed E-state index contributed by atoms with van der Waals surface area (Å²) in [5.74, 6) is 7.42. The normalized spacial score (nSPS) is 22.7. The molecule has 1 aromatic carbocycles. The molecule has 21 heavy (non-hydrogen) atoms. The van der Waals surface area contributed by atoms with Crippen LogP contribution in [0.1, 0.15) is 48.9 Å². The van der Waals surface area contributed by atoms with Crippen LogP contribution in [0.5, 0.6) is 5.75 Å². The number of nitrogens with one attached hydrogen (secondary N) is 1. The Hall–Kier alpha value is -1.10. The third-order valence-corrected chi connectivity index (χ3v) is 4.43. The summed E-state index contributed by atoms with van der Waals surface area (Å²) in [7, 11) is 1.72. The van der Waals surface area contributed by atoms with Gasteiger partial charge in [-0.3, -0.25) is 11.3 Å². The molecule has 1 saturated carbocycles. The average molecular weight is 292 g/mol. The third-order valence-electron chi connectivity index (χ3n) is 4.43. The molecule has 4 heteroatoms. The summed E-state index contributed by atoms with van der Waals surface area (Å²) in [6.07, 6.45) is 3.75. The van der Waals surface area contributed by atoms with Gasteiger partial charge in [0, 0.05) is 12.2 Å². The topological polar surface area (TPSA) is 56.5 Å². The predicted octanol–water partition coefficient (Wildman–Crippen LogP) is 3.02. The van der Waals surface area contributed by atoms with E-state index in [0.717, 1.165) is 31.6 Å². The molecule has 1 aliphatic carbocycles. The average Bonchev–Trinajstić information content (AvgIpc) is 2.41. The van der Waals surface area contributed by atoms with E-state index in [1.54, 1.807) is 7.11 Å². The fourth-order valence-corrected chi connectivity index (χ4v) is 3.40. The largest absolute Gasteiger partial charge is 0.496 e. The standard InChI is InChI=1S/C17H28N2O2/c1-5-21-14-8-13(9-14)10-15(19-18)17-12(3)6-11(2)7-16(17)20-4/h6-7,13-15,19H,5,8-10,18H2,1-4H3. The first-order valence-corrected chi connectivity index (χ1v) is 7.81. The van der Waals surface area contributed by atoms with E-state index in [-0.39, 0.29) is 6.04 Å². The Balaban J connectivity index is 2.08. The molecule has 1 fully saturated rings. The van der Waals surface area contributed by atoms with Crippen molar-refractivity contribution >= 4 is 0 Å². The summed E-state index contributed by atoms with van der Waals surface area (Å²) < 4.78 is 11.2. The van der Waals surface area contributed by atoms with E-state index < -0.39 is 0 Å². The number of aryl methyl sites for hydroxylation is 2. The monoisotopic (exact) mass is 292 g/mol. The number of benzene rings is 1. The lowest BCUT2D eigenvalue weighted by molar-refractivity contribution is -0.0292. The Morgan fingerprint density at radius 2 is 2.05 bits per heavy atom. The van der Waals surface area contributed by atoms with Gasteiger partial charge in [-0.05, 0) is 63.1 Å². The number of ether oxygens (including phenoxy) is 2. The second-order valence-electron chi connectivity index (χ2n) is 6.07. The summed E-state index contributed by atoms with van der Waals surface area (Å²) >= 11 is 0. The van der Waals surface area contributed by atoms with Crippen molar-refractivity contribution in [3.63, 3.8) is 0 Å². The molecule has 0 aliphatic heterocycles. The fourth-order valence-electron chi connectivity index (χ4n) is 3.40. The van der Waals surface area contributed by atoms with Crippen molar-refractivity contribution in [1.82, 2.24) is 5.43 Å². The molecule has 1 unspecified atom stereocenters. The van der Waals surface area contributed by atoms with Crippen molar-refractivity contribution in [3.05, 3.63) is 28.8 Å². The highest BCUT2D eigenvalue weighted by molar-refractivity contribution is 5.45. The third kappa shape index (κ3) is 3.76. The Bertz CT molecular complexity index is 470. The van der Waals surface area contributed by atoms with Crippen LogP contribution in [0.2, 0.25) is 0 Å². The Kier molecular flexibility index (Phi) is 5.62. The molecular weight excluding hydrogens is 264 g/mol. The van der Waals surface area contributed by atoms with Crippen LogP contribution < -0.4 is 16.0 Å². The lowest BCUT2D eigenvalue weighted by Crippen LogP contribution is -2.37. The fraction of sp³-hybridized carbons (Fsp3) is 0.647. The van der Waals surface area contributed by atoms with Crippen LogP contribution in [0.25, 0.3) is 0 Å². The summed E-state index contributed by atoms with van der Waals surface area (Å²) in [4.78, 5) is 0. The number of methoxy groups -OCH3 is 1. The lowest BCUT2D eigenvalue weighted by Gasteiger charge is -2.37. The maximum Gasteiger partial charge on any atom is 0.124 e. The van der Waals surface area contributed by atoms with Crippen LogP contribution in [-0.4, -0.2) is 19.8 Å². The number of hydrogen-bond donors (Lipinski definition) is 2. The molecule has 118 valence electrons. The van der Waals surface area contributed by atoms with Crippen LogP contribution in [-0.2, 0) is 4.74 Å². The molecule has 0 spiro atoms. The molecule has 0 aromatic heterocycles. The lowest BCUT2D eigenvalue weighted by atomic mass is 9.76. The molecule has 0 radical (unpaired) electrons. The van der Waals surface area contributed by atoms with E-state index in [1.807, 2.05) is 0 Å². The Labute approximate surface area is 128 Å². The molecular formula is C17H28N2O2. The number of nitrogens with two attached hydrogens (primary N) is 1. The van der Waals surface area contributed by atoms with Crippen molar-refractivity contribution in [1.29, 1.82) is 0 Å². The molecule has 0 amide bonds. The van der Waals surface area contributed by atoms with E-state index in [9.17, 15) is 0 Å². The SMILES string of the molecule is CCOC1CC(CC(NN)c2c(C)cc(C)cc2OC)C1. The Morgan fingerprint density at radius 1 is 1.33 bits per heavy atom. The maximum atomic E-state index is 5.82. The molecule has 2 rings (SSSR count). The van der Waals surface area contributed by atoms with E-state index in [0.29, 0.717) is 12.0 Å². The summed E-state index contributed by atoms with van der Waals surface area (Å²) in [5.41, 5.74) is 6.61. The van der Waals surface area contributed by atoms with Crippen molar-refractivity contribution in [3.8, 4) is 5.75 Å². The van der Waals surface area contributed by atoms with Gasteiger partial charge in [0.2, 0.25) is 0 Å². The van der Waals surface area contributed by atoms with Crippen LogP contribution in [0.15, 0.2) is 12.1 Å².